The predicted octanol–water partition coefficient (Wildman–Crippen LogP) is 1.51. The molecule has 1 rings (SSSR count). The number of hydrogen-bond donors (Lipinski definition) is 1. The highest BCUT2D eigenvalue weighted by molar-refractivity contribution is 7.89. The maximum atomic E-state index is 12.2. The Morgan fingerprint density at radius 3 is 2.39 bits per heavy atom. The van der Waals surface area contributed by atoms with Crippen molar-refractivity contribution in [1.82, 2.24) is 4.31 Å². The quantitative estimate of drug-likeness (QED) is 0.877. The van der Waals surface area contributed by atoms with Gasteiger partial charge in [-0.25, -0.2) is 8.42 Å². The van der Waals surface area contributed by atoms with E-state index in [0.29, 0.717) is 0 Å². The van der Waals surface area contributed by atoms with Crippen LogP contribution in [0.15, 0.2) is 29.2 Å². The van der Waals surface area contributed by atoms with Crippen LogP contribution >= 0.6 is 0 Å². The van der Waals surface area contributed by atoms with Crippen molar-refractivity contribution in [3.05, 3.63) is 24.3 Å². The lowest BCUT2D eigenvalue weighted by atomic mass is 10.2. The highest BCUT2D eigenvalue weighted by Crippen LogP contribution is 2.17. The number of nitriles is 1. The van der Waals surface area contributed by atoms with Crippen molar-refractivity contribution in [2.75, 3.05) is 26.0 Å². The molecule has 0 bridgehead atoms. The zero-order valence-corrected chi connectivity index (χ0v) is 11.5. The van der Waals surface area contributed by atoms with E-state index < -0.39 is 10.0 Å². The van der Waals surface area contributed by atoms with Gasteiger partial charge in [0.05, 0.1) is 16.9 Å². The van der Waals surface area contributed by atoms with Crippen LogP contribution in [0.2, 0.25) is 0 Å². The lowest BCUT2D eigenvalue weighted by Crippen LogP contribution is -2.30. The molecule has 0 radical (unpaired) electrons. The number of sulfonamides is 1. The first-order valence-corrected chi connectivity index (χ1v) is 6.99. The summed E-state index contributed by atoms with van der Waals surface area (Å²) in [6.45, 7) is 1.88. The standard InChI is InChI=1S/C12H17N3O2S/c1-10(8-13)9-15(3)18(16,17)12-6-4-11(14-2)5-7-12/h4-7,10,14H,9H2,1-3H3. The van der Waals surface area contributed by atoms with Crippen LogP contribution in [0, 0.1) is 17.2 Å². The van der Waals surface area contributed by atoms with Crippen molar-refractivity contribution in [2.45, 2.75) is 11.8 Å². The Labute approximate surface area is 108 Å². The largest absolute Gasteiger partial charge is 0.388 e. The summed E-state index contributed by atoms with van der Waals surface area (Å²) >= 11 is 0. The van der Waals surface area contributed by atoms with Gasteiger partial charge in [-0.1, -0.05) is 0 Å². The van der Waals surface area contributed by atoms with Crippen LogP contribution in [-0.4, -0.2) is 33.4 Å². The molecule has 0 saturated carbocycles. The molecule has 0 saturated heterocycles. The third kappa shape index (κ3) is 3.22. The Balaban J connectivity index is 2.95. The van der Waals surface area contributed by atoms with Gasteiger partial charge in [0.1, 0.15) is 0 Å². The molecule has 0 aromatic heterocycles. The van der Waals surface area contributed by atoms with Gasteiger partial charge >= 0.3 is 0 Å². The molecule has 0 aliphatic carbocycles. The van der Waals surface area contributed by atoms with Crippen LogP contribution in [0.3, 0.4) is 0 Å². The van der Waals surface area contributed by atoms with Crippen molar-refractivity contribution >= 4 is 15.7 Å². The third-order valence-corrected chi connectivity index (χ3v) is 4.44. The Bertz CT molecular complexity index is 531. The smallest absolute Gasteiger partial charge is 0.242 e. The molecule has 98 valence electrons. The highest BCUT2D eigenvalue weighted by atomic mass is 32.2. The van der Waals surface area contributed by atoms with Gasteiger partial charge in [-0.15, -0.1) is 0 Å². The van der Waals surface area contributed by atoms with Crippen LogP contribution in [0.1, 0.15) is 6.92 Å². The van der Waals surface area contributed by atoms with E-state index in [1.165, 1.54) is 11.4 Å². The van der Waals surface area contributed by atoms with Crippen molar-refractivity contribution < 1.29 is 8.42 Å². The SMILES string of the molecule is CNc1ccc(S(=O)(=O)N(C)CC(C)C#N)cc1. The number of anilines is 1. The first-order chi connectivity index (χ1) is 8.41. The number of hydrogen-bond acceptors (Lipinski definition) is 4. The van der Waals surface area contributed by atoms with E-state index in [1.54, 1.807) is 38.2 Å². The summed E-state index contributed by atoms with van der Waals surface area (Å²) in [6.07, 6.45) is 0. The van der Waals surface area contributed by atoms with Crippen LogP contribution < -0.4 is 5.32 Å². The Hall–Kier alpha value is -1.58. The molecule has 0 aliphatic heterocycles. The van der Waals surface area contributed by atoms with E-state index in [1.807, 2.05) is 6.07 Å². The minimum absolute atomic E-state index is 0.187. The summed E-state index contributed by atoms with van der Waals surface area (Å²) in [6, 6.07) is 8.53. The van der Waals surface area contributed by atoms with Gasteiger partial charge in [0.25, 0.3) is 0 Å². The first-order valence-electron chi connectivity index (χ1n) is 5.55. The molecular weight excluding hydrogens is 250 g/mol. The molecule has 1 N–H and O–H groups in total. The Morgan fingerprint density at radius 1 is 1.39 bits per heavy atom. The second-order valence-electron chi connectivity index (χ2n) is 4.09. The Kier molecular flexibility index (Phi) is 4.70. The van der Waals surface area contributed by atoms with Gasteiger partial charge in [0.15, 0.2) is 0 Å². The molecule has 0 spiro atoms. The number of nitrogens with zero attached hydrogens (tertiary/aromatic N) is 2. The molecule has 0 aliphatic rings. The summed E-state index contributed by atoms with van der Waals surface area (Å²) < 4.78 is 25.6. The summed E-state index contributed by atoms with van der Waals surface area (Å²) in [4.78, 5) is 0.231. The second kappa shape index (κ2) is 5.85. The summed E-state index contributed by atoms with van der Waals surface area (Å²) in [5.41, 5.74) is 0.849. The molecule has 1 aromatic rings. The average Bonchev–Trinajstić information content (AvgIpc) is 2.38. The van der Waals surface area contributed by atoms with E-state index in [4.69, 9.17) is 5.26 Å². The maximum Gasteiger partial charge on any atom is 0.242 e. The number of nitrogens with one attached hydrogen (secondary N) is 1. The third-order valence-electron chi connectivity index (χ3n) is 2.60. The number of benzene rings is 1. The summed E-state index contributed by atoms with van der Waals surface area (Å²) in [5.74, 6) is -0.332. The molecule has 0 heterocycles. The van der Waals surface area contributed by atoms with E-state index >= 15 is 0 Å². The topological polar surface area (TPSA) is 73.2 Å². The number of rotatable bonds is 5. The minimum Gasteiger partial charge on any atom is -0.388 e. The van der Waals surface area contributed by atoms with Gasteiger partial charge in [-0.3, -0.25) is 0 Å². The fraction of sp³-hybridized carbons (Fsp3) is 0.417. The van der Waals surface area contributed by atoms with Crippen molar-refractivity contribution in [3.8, 4) is 6.07 Å². The molecule has 0 amide bonds. The van der Waals surface area contributed by atoms with Crippen LogP contribution in [-0.2, 0) is 10.0 Å². The molecule has 18 heavy (non-hydrogen) atoms. The maximum absolute atomic E-state index is 12.2. The normalized spacial score (nSPS) is 13.1. The van der Waals surface area contributed by atoms with Crippen LogP contribution in [0.5, 0.6) is 0 Å². The minimum atomic E-state index is -3.51. The molecular formula is C12H17N3O2S. The van der Waals surface area contributed by atoms with Crippen molar-refractivity contribution in [1.29, 1.82) is 5.26 Å². The Morgan fingerprint density at radius 2 is 1.94 bits per heavy atom. The van der Waals surface area contributed by atoms with Gasteiger partial charge < -0.3 is 5.32 Å². The molecule has 1 unspecified atom stereocenters. The van der Waals surface area contributed by atoms with Gasteiger partial charge in [0.2, 0.25) is 10.0 Å². The molecule has 6 heteroatoms. The lowest BCUT2D eigenvalue weighted by molar-refractivity contribution is 0.439. The first kappa shape index (κ1) is 14.5. The fourth-order valence-electron chi connectivity index (χ4n) is 1.50. The van der Waals surface area contributed by atoms with E-state index in [0.717, 1.165) is 5.69 Å². The van der Waals surface area contributed by atoms with E-state index in [9.17, 15) is 8.42 Å². The molecule has 5 nitrogen and oxygen atoms in total. The molecule has 0 fully saturated rings. The van der Waals surface area contributed by atoms with E-state index in [2.05, 4.69) is 5.32 Å². The lowest BCUT2D eigenvalue weighted by Gasteiger charge is -2.18. The van der Waals surface area contributed by atoms with Gasteiger partial charge in [-0.2, -0.15) is 9.57 Å². The monoisotopic (exact) mass is 267 g/mol. The summed E-state index contributed by atoms with van der Waals surface area (Å²) in [7, 11) is -0.265. The van der Waals surface area contributed by atoms with Gasteiger partial charge in [-0.05, 0) is 31.2 Å². The van der Waals surface area contributed by atoms with Gasteiger partial charge in [0, 0.05) is 26.3 Å². The molecule has 1 atom stereocenters. The highest BCUT2D eigenvalue weighted by Gasteiger charge is 2.22. The second-order valence-corrected chi connectivity index (χ2v) is 6.13. The van der Waals surface area contributed by atoms with E-state index in [-0.39, 0.29) is 17.4 Å². The fourth-order valence-corrected chi connectivity index (χ4v) is 2.76. The van der Waals surface area contributed by atoms with Crippen molar-refractivity contribution in [2.24, 2.45) is 5.92 Å². The zero-order chi connectivity index (χ0) is 13.8. The summed E-state index contributed by atoms with van der Waals surface area (Å²) in [5, 5.41) is 11.6. The van der Waals surface area contributed by atoms with Crippen LogP contribution in [0.4, 0.5) is 5.69 Å². The average molecular weight is 267 g/mol. The predicted molar refractivity (Wildman–Crippen MR) is 70.6 cm³/mol. The molecule has 1 aromatic carbocycles. The van der Waals surface area contributed by atoms with Crippen molar-refractivity contribution in [3.63, 3.8) is 0 Å². The van der Waals surface area contributed by atoms with Crippen LogP contribution in [0.25, 0.3) is 0 Å². The zero-order valence-electron chi connectivity index (χ0n) is 10.7.